The van der Waals surface area contributed by atoms with E-state index >= 15 is 0 Å². The summed E-state index contributed by atoms with van der Waals surface area (Å²) >= 11 is 0. The van der Waals surface area contributed by atoms with Gasteiger partial charge >= 0.3 is 0 Å². The number of nitrogens with zero attached hydrogens (tertiary/aromatic N) is 1. The zero-order chi connectivity index (χ0) is 25.7. The average Bonchev–Trinajstić information content (AvgIpc) is 3.56. The van der Waals surface area contributed by atoms with Crippen molar-refractivity contribution in [2.45, 2.75) is 35.4 Å². The predicted molar refractivity (Wildman–Crippen MR) is 145 cm³/mol. The van der Waals surface area contributed by atoms with E-state index in [1.165, 1.54) is 23.0 Å². The van der Waals surface area contributed by atoms with E-state index in [2.05, 4.69) is 60.7 Å². The van der Waals surface area contributed by atoms with Crippen LogP contribution in [0, 0.1) is 0 Å². The Bertz CT molecular complexity index is 1600. The second-order valence-corrected chi connectivity index (χ2v) is 10.7. The molecule has 1 unspecified atom stereocenters. The summed E-state index contributed by atoms with van der Waals surface area (Å²) in [7, 11) is 0. The molecule has 1 saturated heterocycles. The van der Waals surface area contributed by atoms with Crippen molar-refractivity contribution in [2.24, 2.45) is 0 Å². The molecular formula is C34H25NO3. The minimum absolute atomic E-state index is 0.0407. The maximum absolute atomic E-state index is 14.8. The Labute approximate surface area is 221 Å². The van der Waals surface area contributed by atoms with Gasteiger partial charge < -0.3 is 4.74 Å². The van der Waals surface area contributed by atoms with Crippen LogP contribution in [0.2, 0.25) is 0 Å². The SMILES string of the molecule is CC(=O)N1C(=O)[C@]2(OC3([C@@H]4C=C[C@H]3c3ccccc34)C2(c2ccccc2)c2ccccc2)c2ccccc21. The molecule has 2 aliphatic carbocycles. The maximum atomic E-state index is 14.8. The second kappa shape index (κ2) is 7.18. The Hall–Kier alpha value is -4.28. The molecule has 2 amide bonds. The van der Waals surface area contributed by atoms with Crippen LogP contribution in [-0.4, -0.2) is 17.4 Å². The highest BCUT2D eigenvalue weighted by Crippen LogP contribution is 2.80. The van der Waals surface area contributed by atoms with Crippen molar-refractivity contribution in [3.8, 4) is 0 Å². The van der Waals surface area contributed by atoms with Gasteiger partial charge in [0.2, 0.25) is 5.91 Å². The lowest BCUT2D eigenvalue weighted by Crippen LogP contribution is -2.81. The smallest absolute Gasteiger partial charge is 0.272 e. The molecule has 8 rings (SSSR count). The Morgan fingerprint density at radius 2 is 1.21 bits per heavy atom. The van der Waals surface area contributed by atoms with E-state index in [1.807, 2.05) is 60.7 Å². The third-order valence-electron chi connectivity index (χ3n) is 9.28. The van der Waals surface area contributed by atoms with Gasteiger partial charge in [-0.15, -0.1) is 0 Å². The van der Waals surface area contributed by atoms with Crippen LogP contribution in [-0.2, 0) is 25.3 Å². The van der Waals surface area contributed by atoms with Crippen LogP contribution in [0.5, 0.6) is 0 Å². The maximum Gasteiger partial charge on any atom is 0.272 e. The van der Waals surface area contributed by atoms with Crippen molar-refractivity contribution >= 4 is 17.5 Å². The minimum atomic E-state index is -1.40. The van der Waals surface area contributed by atoms with Crippen molar-refractivity contribution in [2.75, 3.05) is 4.90 Å². The number of imide groups is 1. The molecule has 0 saturated carbocycles. The summed E-state index contributed by atoms with van der Waals surface area (Å²) in [5.74, 6) is -0.711. The number of rotatable bonds is 2. The molecular weight excluding hydrogens is 470 g/mol. The summed E-state index contributed by atoms with van der Waals surface area (Å²) in [4.78, 5) is 29.1. The molecule has 0 radical (unpaired) electrons. The van der Waals surface area contributed by atoms with E-state index < -0.39 is 16.6 Å². The molecule has 4 aliphatic rings. The third kappa shape index (κ3) is 2.12. The highest BCUT2D eigenvalue weighted by molar-refractivity contribution is 6.23. The molecule has 4 nitrogen and oxygen atoms in total. The van der Waals surface area contributed by atoms with Crippen molar-refractivity contribution in [3.05, 3.63) is 149 Å². The van der Waals surface area contributed by atoms with Gasteiger partial charge in [0.15, 0.2) is 5.60 Å². The van der Waals surface area contributed by atoms with Gasteiger partial charge in [0.25, 0.3) is 5.91 Å². The summed E-state index contributed by atoms with van der Waals surface area (Å²) in [6.07, 6.45) is 4.52. The van der Waals surface area contributed by atoms with E-state index in [9.17, 15) is 9.59 Å². The lowest BCUT2D eigenvalue weighted by atomic mass is 9.44. The van der Waals surface area contributed by atoms with Crippen LogP contribution in [0.4, 0.5) is 5.69 Å². The first kappa shape index (κ1) is 21.8. The minimum Gasteiger partial charge on any atom is -0.349 e. The number of anilines is 1. The zero-order valence-corrected chi connectivity index (χ0v) is 20.9. The normalized spacial score (nSPS) is 29.0. The molecule has 2 aliphatic heterocycles. The summed E-state index contributed by atoms with van der Waals surface area (Å²) in [5, 5.41) is 0. The van der Waals surface area contributed by atoms with Crippen molar-refractivity contribution < 1.29 is 14.3 Å². The Balaban J connectivity index is 1.53. The second-order valence-electron chi connectivity index (χ2n) is 10.7. The quantitative estimate of drug-likeness (QED) is 0.322. The lowest BCUT2D eigenvalue weighted by Gasteiger charge is -2.70. The molecule has 4 aromatic carbocycles. The van der Waals surface area contributed by atoms with Gasteiger partial charge in [0.05, 0.1) is 11.1 Å². The van der Waals surface area contributed by atoms with Crippen LogP contribution < -0.4 is 4.90 Å². The largest absolute Gasteiger partial charge is 0.349 e. The van der Waals surface area contributed by atoms with Crippen molar-refractivity contribution in [1.29, 1.82) is 0 Å². The van der Waals surface area contributed by atoms with Crippen LogP contribution in [0.25, 0.3) is 0 Å². The lowest BCUT2D eigenvalue weighted by molar-refractivity contribution is -0.321. The van der Waals surface area contributed by atoms with Crippen LogP contribution in [0.15, 0.2) is 121 Å². The number of hydrogen-bond donors (Lipinski definition) is 0. The summed E-state index contributed by atoms with van der Waals surface area (Å²) in [6, 6.07) is 36.8. The Morgan fingerprint density at radius 1 is 0.711 bits per heavy atom. The topological polar surface area (TPSA) is 46.6 Å². The van der Waals surface area contributed by atoms with Crippen LogP contribution >= 0.6 is 0 Å². The standard InChI is InChI=1S/C34H25NO3/c1-22(36)35-30-19-11-10-18-29(30)34(31(35)37)32(23-12-4-2-5-13-23,24-14-6-3-7-15-24)33(38-34)27-20-21-28(33)26-17-9-8-16-25(26)27/h2-21,27-28H,1H3/t27-,28+,33?,34-/m1/s1. The Kier molecular flexibility index (Phi) is 4.11. The summed E-state index contributed by atoms with van der Waals surface area (Å²) in [5.41, 5.74) is 2.78. The van der Waals surface area contributed by atoms with E-state index in [0.717, 1.165) is 16.7 Å². The molecule has 0 N–H and O–H groups in total. The molecule has 0 aromatic heterocycles. The fraction of sp³-hybridized carbons (Fsp3) is 0.176. The average molecular weight is 496 g/mol. The summed E-state index contributed by atoms with van der Waals surface area (Å²) < 4.78 is 7.34. The molecule has 2 heterocycles. The number of ether oxygens (including phenoxy) is 1. The zero-order valence-electron chi connectivity index (χ0n) is 20.9. The van der Waals surface area contributed by atoms with Gasteiger partial charge in [-0.2, -0.15) is 0 Å². The van der Waals surface area contributed by atoms with Crippen molar-refractivity contribution in [1.82, 2.24) is 0 Å². The van der Waals surface area contributed by atoms with E-state index in [1.54, 1.807) is 0 Å². The van der Waals surface area contributed by atoms with Crippen molar-refractivity contribution in [3.63, 3.8) is 0 Å². The van der Waals surface area contributed by atoms with E-state index in [0.29, 0.717) is 5.69 Å². The predicted octanol–water partition coefficient (Wildman–Crippen LogP) is 5.98. The molecule has 2 bridgehead atoms. The highest BCUT2D eigenvalue weighted by atomic mass is 16.6. The van der Waals surface area contributed by atoms with Gasteiger partial charge in [-0.3, -0.25) is 9.59 Å². The molecule has 4 aromatic rings. The first-order valence-electron chi connectivity index (χ1n) is 13.1. The number of para-hydroxylation sites is 1. The van der Waals surface area contributed by atoms with Crippen LogP contribution in [0.1, 0.15) is 46.6 Å². The van der Waals surface area contributed by atoms with Gasteiger partial charge in [-0.1, -0.05) is 115 Å². The van der Waals surface area contributed by atoms with E-state index in [4.69, 9.17) is 4.74 Å². The van der Waals surface area contributed by atoms with E-state index in [-0.39, 0.29) is 23.7 Å². The number of carbonyl (C=O) groups excluding carboxylic acids is 2. The highest BCUT2D eigenvalue weighted by Gasteiger charge is 2.88. The number of amides is 2. The monoisotopic (exact) mass is 495 g/mol. The first-order valence-corrected chi connectivity index (χ1v) is 13.1. The number of carbonyl (C=O) groups is 2. The number of benzene rings is 4. The van der Waals surface area contributed by atoms with Gasteiger partial charge in [0.1, 0.15) is 5.60 Å². The summed E-state index contributed by atoms with van der Waals surface area (Å²) in [6.45, 7) is 1.45. The fourth-order valence-electron chi connectivity index (χ4n) is 8.20. The molecule has 2 spiro atoms. The van der Waals surface area contributed by atoms with Gasteiger partial charge in [0, 0.05) is 24.3 Å². The van der Waals surface area contributed by atoms with Crippen LogP contribution in [0.3, 0.4) is 0 Å². The molecule has 1 fully saturated rings. The van der Waals surface area contributed by atoms with Gasteiger partial charge in [-0.25, -0.2) is 4.90 Å². The molecule has 4 heteroatoms. The molecule has 184 valence electrons. The Morgan fingerprint density at radius 3 is 1.76 bits per heavy atom. The first-order chi connectivity index (χ1) is 18.6. The molecule has 4 atom stereocenters. The third-order valence-corrected chi connectivity index (χ3v) is 9.28. The van der Waals surface area contributed by atoms with Gasteiger partial charge in [-0.05, 0) is 28.3 Å². The molecule has 38 heavy (non-hydrogen) atoms. The fourth-order valence-corrected chi connectivity index (χ4v) is 8.20. The number of fused-ring (bicyclic) bond motifs is 5. The number of hydrogen-bond acceptors (Lipinski definition) is 3.